The van der Waals surface area contributed by atoms with Crippen LogP contribution in [0, 0.1) is 0 Å². The highest BCUT2D eigenvalue weighted by atomic mass is 16.1. The molecule has 0 bridgehead atoms. The van der Waals surface area contributed by atoms with Gasteiger partial charge >= 0.3 is 0 Å². The van der Waals surface area contributed by atoms with Crippen LogP contribution in [0.4, 0.5) is 0 Å². The van der Waals surface area contributed by atoms with Crippen molar-refractivity contribution in [2.24, 2.45) is 5.73 Å². The summed E-state index contributed by atoms with van der Waals surface area (Å²) in [5.74, 6) is -0.643. The number of primary amides is 1. The Labute approximate surface area is 122 Å². The van der Waals surface area contributed by atoms with Crippen molar-refractivity contribution in [3.63, 3.8) is 0 Å². The molecule has 0 atom stereocenters. The van der Waals surface area contributed by atoms with Crippen molar-refractivity contribution in [3.8, 4) is 0 Å². The lowest BCUT2D eigenvalue weighted by Gasteiger charge is -2.13. The largest absolute Gasteiger partial charge is 0.364 e. The van der Waals surface area contributed by atoms with E-state index in [9.17, 15) is 9.59 Å². The van der Waals surface area contributed by atoms with Crippen molar-refractivity contribution in [3.05, 3.63) is 52.8 Å². The molecule has 5 heteroatoms. The number of ketones is 1. The molecular formula is C16H17N3O2. The van der Waals surface area contributed by atoms with Crippen LogP contribution in [0.3, 0.4) is 0 Å². The number of fused-ring (bicyclic) bond motifs is 1. The van der Waals surface area contributed by atoms with Crippen LogP contribution >= 0.6 is 0 Å². The van der Waals surface area contributed by atoms with E-state index in [-0.39, 0.29) is 11.5 Å². The van der Waals surface area contributed by atoms with E-state index in [4.69, 9.17) is 5.73 Å². The lowest BCUT2D eigenvalue weighted by atomic mass is 9.94. The van der Waals surface area contributed by atoms with E-state index in [0.717, 1.165) is 25.0 Å². The van der Waals surface area contributed by atoms with E-state index in [1.807, 2.05) is 18.2 Å². The second kappa shape index (κ2) is 5.52. The van der Waals surface area contributed by atoms with Crippen molar-refractivity contribution in [2.75, 3.05) is 0 Å². The summed E-state index contributed by atoms with van der Waals surface area (Å²) in [6, 6.07) is 10.1. The van der Waals surface area contributed by atoms with Gasteiger partial charge < -0.3 is 5.73 Å². The molecule has 1 heterocycles. The third kappa shape index (κ3) is 2.59. The molecule has 2 aromatic rings. The van der Waals surface area contributed by atoms with Gasteiger partial charge in [0.15, 0.2) is 11.5 Å². The Bertz CT molecular complexity index is 689. The SMILES string of the molecule is NC(=O)c1nn(CCc2ccccc2)c2c1C(=O)CCC2. The Morgan fingerprint density at radius 3 is 2.71 bits per heavy atom. The minimum absolute atomic E-state index is 0.0176. The number of aryl methyl sites for hydroxylation is 2. The Hall–Kier alpha value is -2.43. The second-order valence-electron chi connectivity index (χ2n) is 5.27. The van der Waals surface area contributed by atoms with Gasteiger partial charge in [0.25, 0.3) is 5.91 Å². The molecule has 0 saturated carbocycles. The number of nitrogens with zero attached hydrogens (tertiary/aromatic N) is 2. The van der Waals surface area contributed by atoms with Crippen LogP contribution < -0.4 is 5.73 Å². The summed E-state index contributed by atoms with van der Waals surface area (Å²) < 4.78 is 1.78. The first-order valence-corrected chi connectivity index (χ1v) is 7.13. The summed E-state index contributed by atoms with van der Waals surface area (Å²) >= 11 is 0. The molecule has 5 nitrogen and oxygen atoms in total. The van der Waals surface area contributed by atoms with Gasteiger partial charge in [-0.05, 0) is 24.8 Å². The van der Waals surface area contributed by atoms with Crippen LogP contribution in [-0.4, -0.2) is 21.5 Å². The number of carbonyl (C=O) groups is 2. The average molecular weight is 283 g/mol. The number of hydrogen-bond donors (Lipinski definition) is 1. The van der Waals surface area contributed by atoms with Crippen LogP contribution in [0.15, 0.2) is 30.3 Å². The topological polar surface area (TPSA) is 78.0 Å². The second-order valence-corrected chi connectivity index (χ2v) is 5.27. The molecule has 2 N–H and O–H groups in total. The first kappa shape index (κ1) is 13.5. The fraction of sp³-hybridized carbons (Fsp3) is 0.312. The highest BCUT2D eigenvalue weighted by Gasteiger charge is 2.28. The maximum absolute atomic E-state index is 12.0. The van der Waals surface area contributed by atoms with E-state index >= 15 is 0 Å². The number of amides is 1. The van der Waals surface area contributed by atoms with Gasteiger partial charge in [-0.2, -0.15) is 5.10 Å². The van der Waals surface area contributed by atoms with Crippen molar-refractivity contribution in [2.45, 2.75) is 32.2 Å². The van der Waals surface area contributed by atoms with E-state index in [1.54, 1.807) is 4.68 Å². The van der Waals surface area contributed by atoms with Gasteiger partial charge in [-0.15, -0.1) is 0 Å². The van der Waals surface area contributed by atoms with Gasteiger partial charge in [0.2, 0.25) is 0 Å². The zero-order valence-corrected chi connectivity index (χ0v) is 11.7. The third-order valence-corrected chi connectivity index (χ3v) is 3.84. The number of hydrogen-bond acceptors (Lipinski definition) is 3. The van der Waals surface area contributed by atoms with Crippen molar-refractivity contribution in [1.29, 1.82) is 0 Å². The Morgan fingerprint density at radius 2 is 2.00 bits per heavy atom. The van der Waals surface area contributed by atoms with E-state index in [1.165, 1.54) is 5.56 Å². The van der Waals surface area contributed by atoms with Crippen LogP contribution in [0.1, 0.15) is 44.9 Å². The first-order valence-electron chi connectivity index (χ1n) is 7.13. The molecule has 3 rings (SSSR count). The molecule has 1 amide bonds. The molecular weight excluding hydrogens is 266 g/mol. The fourth-order valence-electron chi connectivity index (χ4n) is 2.82. The number of Topliss-reactive ketones (excluding diaryl/α,β-unsaturated/α-hetero) is 1. The van der Waals surface area contributed by atoms with Gasteiger partial charge in [-0.1, -0.05) is 30.3 Å². The summed E-state index contributed by atoms with van der Waals surface area (Å²) in [6.07, 6.45) is 2.86. The molecule has 0 saturated heterocycles. The number of nitrogens with two attached hydrogens (primary N) is 1. The van der Waals surface area contributed by atoms with Crippen molar-refractivity contribution in [1.82, 2.24) is 9.78 Å². The Kier molecular flexibility index (Phi) is 3.56. The zero-order chi connectivity index (χ0) is 14.8. The molecule has 0 fully saturated rings. The molecule has 0 unspecified atom stereocenters. The number of rotatable bonds is 4. The first-order chi connectivity index (χ1) is 10.2. The van der Waals surface area contributed by atoms with Gasteiger partial charge in [0.1, 0.15) is 0 Å². The van der Waals surface area contributed by atoms with Gasteiger partial charge in [0.05, 0.1) is 11.3 Å². The monoisotopic (exact) mass is 283 g/mol. The molecule has 1 aliphatic carbocycles. The van der Waals surface area contributed by atoms with E-state index in [2.05, 4.69) is 17.2 Å². The summed E-state index contributed by atoms with van der Waals surface area (Å²) in [5, 5.41) is 4.28. The minimum atomic E-state index is -0.625. The van der Waals surface area contributed by atoms with Crippen LogP contribution in [0.25, 0.3) is 0 Å². The van der Waals surface area contributed by atoms with Crippen LogP contribution in [-0.2, 0) is 19.4 Å². The molecule has 1 aromatic carbocycles. The van der Waals surface area contributed by atoms with E-state index in [0.29, 0.717) is 18.5 Å². The molecule has 0 spiro atoms. The molecule has 108 valence electrons. The summed E-state index contributed by atoms with van der Waals surface area (Å²) in [4.78, 5) is 23.5. The highest BCUT2D eigenvalue weighted by molar-refractivity contribution is 6.07. The fourth-order valence-corrected chi connectivity index (χ4v) is 2.82. The highest BCUT2D eigenvalue weighted by Crippen LogP contribution is 2.24. The summed E-state index contributed by atoms with van der Waals surface area (Å²) in [7, 11) is 0. The molecule has 1 aliphatic rings. The minimum Gasteiger partial charge on any atom is -0.364 e. The summed E-state index contributed by atoms with van der Waals surface area (Å²) in [6.45, 7) is 0.646. The maximum Gasteiger partial charge on any atom is 0.269 e. The molecule has 21 heavy (non-hydrogen) atoms. The quantitative estimate of drug-likeness (QED) is 0.928. The van der Waals surface area contributed by atoms with E-state index < -0.39 is 5.91 Å². The lowest BCUT2D eigenvalue weighted by molar-refractivity contribution is 0.0948. The predicted octanol–water partition coefficient (Wildman–Crippen LogP) is 1.74. The lowest BCUT2D eigenvalue weighted by Crippen LogP contribution is -2.18. The van der Waals surface area contributed by atoms with Crippen LogP contribution in [0.5, 0.6) is 0 Å². The molecule has 0 radical (unpaired) electrons. The third-order valence-electron chi connectivity index (χ3n) is 3.84. The van der Waals surface area contributed by atoms with Crippen molar-refractivity contribution >= 4 is 11.7 Å². The number of benzene rings is 1. The summed E-state index contributed by atoms with van der Waals surface area (Å²) in [5.41, 5.74) is 7.98. The molecule has 1 aromatic heterocycles. The van der Waals surface area contributed by atoms with Crippen LogP contribution in [0.2, 0.25) is 0 Å². The average Bonchev–Trinajstić information content (AvgIpc) is 2.87. The maximum atomic E-state index is 12.0. The normalized spacial score (nSPS) is 14.0. The standard InChI is InChI=1S/C16H17N3O2/c17-16(21)15-14-12(7-4-8-13(14)20)19(18-15)10-9-11-5-2-1-3-6-11/h1-3,5-6H,4,7-10H2,(H2,17,21). The Morgan fingerprint density at radius 1 is 1.24 bits per heavy atom. The molecule has 0 aliphatic heterocycles. The van der Waals surface area contributed by atoms with Gasteiger partial charge in [-0.3, -0.25) is 14.3 Å². The Balaban J connectivity index is 1.90. The smallest absolute Gasteiger partial charge is 0.269 e. The zero-order valence-electron chi connectivity index (χ0n) is 11.7. The van der Waals surface area contributed by atoms with Gasteiger partial charge in [-0.25, -0.2) is 0 Å². The van der Waals surface area contributed by atoms with Crippen molar-refractivity contribution < 1.29 is 9.59 Å². The number of aromatic nitrogens is 2. The van der Waals surface area contributed by atoms with Gasteiger partial charge in [0, 0.05) is 13.0 Å². The predicted molar refractivity (Wildman–Crippen MR) is 78.2 cm³/mol. The number of carbonyl (C=O) groups excluding carboxylic acids is 2.